The first-order valence-electron chi connectivity index (χ1n) is 5.87. The molecule has 2 aromatic heterocycles. The van der Waals surface area contributed by atoms with Gasteiger partial charge in [0.25, 0.3) is 0 Å². The number of anilines is 2. The Morgan fingerprint density at radius 2 is 2.16 bits per heavy atom. The zero-order valence-electron chi connectivity index (χ0n) is 10.2. The SMILES string of the molecule is Nc1cc(NCc2ccccc2-n2cccn2)sn1. The number of benzene rings is 1. The minimum Gasteiger partial charge on any atom is -0.383 e. The molecule has 0 unspecified atom stereocenters. The highest BCUT2D eigenvalue weighted by Gasteiger charge is 2.05. The smallest absolute Gasteiger partial charge is 0.139 e. The fourth-order valence-electron chi connectivity index (χ4n) is 1.85. The van der Waals surface area contributed by atoms with E-state index in [1.807, 2.05) is 41.2 Å². The van der Waals surface area contributed by atoms with E-state index in [2.05, 4.69) is 20.9 Å². The molecule has 0 amide bonds. The van der Waals surface area contributed by atoms with Crippen LogP contribution in [0.25, 0.3) is 5.69 Å². The number of nitrogens with one attached hydrogen (secondary N) is 1. The van der Waals surface area contributed by atoms with Crippen LogP contribution < -0.4 is 11.1 Å². The van der Waals surface area contributed by atoms with Crippen LogP contribution in [0.3, 0.4) is 0 Å². The number of rotatable bonds is 4. The summed E-state index contributed by atoms with van der Waals surface area (Å²) in [4.78, 5) is 0. The van der Waals surface area contributed by atoms with Gasteiger partial charge in [-0.1, -0.05) is 18.2 Å². The first-order valence-corrected chi connectivity index (χ1v) is 6.64. The molecule has 0 aliphatic carbocycles. The van der Waals surface area contributed by atoms with Crippen molar-refractivity contribution in [3.8, 4) is 5.69 Å². The summed E-state index contributed by atoms with van der Waals surface area (Å²) in [6.07, 6.45) is 3.71. The molecule has 0 fully saturated rings. The minimum atomic E-state index is 0.549. The van der Waals surface area contributed by atoms with Crippen molar-refractivity contribution in [1.82, 2.24) is 14.2 Å². The molecule has 0 aliphatic rings. The summed E-state index contributed by atoms with van der Waals surface area (Å²) in [6.45, 7) is 0.706. The largest absolute Gasteiger partial charge is 0.383 e. The third-order valence-electron chi connectivity index (χ3n) is 2.72. The van der Waals surface area contributed by atoms with Crippen molar-refractivity contribution in [2.75, 3.05) is 11.1 Å². The Morgan fingerprint density at radius 3 is 2.89 bits per heavy atom. The predicted octanol–water partition coefficient (Wildman–Crippen LogP) is 2.52. The van der Waals surface area contributed by atoms with Gasteiger partial charge in [0.2, 0.25) is 0 Å². The maximum absolute atomic E-state index is 5.60. The van der Waals surface area contributed by atoms with Crippen molar-refractivity contribution in [3.63, 3.8) is 0 Å². The van der Waals surface area contributed by atoms with Crippen LogP contribution in [-0.4, -0.2) is 14.2 Å². The number of nitrogens with two attached hydrogens (primary N) is 1. The molecule has 2 heterocycles. The lowest BCUT2D eigenvalue weighted by Gasteiger charge is -2.10. The molecule has 0 bridgehead atoms. The molecule has 3 aromatic rings. The number of para-hydroxylation sites is 1. The van der Waals surface area contributed by atoms with Crippen molar-refractivity contribution < 1.29 is 0 Å². The zero-order chi connectivity index (χ0) is 13.1. The van der Waals surface area contributed by atoms with Crippen molar-refractivity contribution in [2.24, 2.45) is 0 Å². The predicted molar refractivity (Wildman–Crippen MR) is 77.4 cm³/mol. The normalized spacial score (nSPS) is 10.5. The number of hydrogen-bond acceptors (Lipinski definition) is 5. The van der Waals surface area contributed by atoms with Crippen LogP contribution in [0.4, 0.5) is 10.8 Å². The molecular weight excluding hydrogens is 258 g/mol. The second-order valence-electron chi connectivity index (χ2n) is 4.05. The highest BCUT2D eigenvalue weighted by atomic mass is 32.1. The second-order valence-corrected chi connectivity index (χ2v) is 4.85. The van der Waals surface area contributed by atoms with E-state index in [1.165, 1.54) is 11.5 Å². The first-order chi connectivity index (χ1) is 9.33. The van der Waals surface area contributed by atoms with Gasteiger partial charge in [0, 0.05) is 25.0 Å². The Balaban J connectivity index is 1.81. The van der Waals surface area contributed by atoms with Crippen molar-refractivity contribution in [3.05, 3.63) is 54.4 Å². The quantitative estimate of drug-likeness (QED) is 0.765. The molecule has 6 heteroatoms. The van der Waals surface area contributed by atoms with Crippen molar-refractivity contribution >= 4 is 22.4 Å². The van der Waals surface area contributed by atoms with Gasteiger partial charge < -0.3 is 11.1 Å². The van der Waals surface area contributed by atoms with E-state index < -0.39 is 0 Å². The topological polar surface area (TPSA) is 68.8 Å². The van der Waals surface area contributed by atoms with Crippen LogP contribution in [0.1, 0.15) is 5.56 Å². The van der Waals surface area contributed by atoms with Crippen LogP contribution in [0, 0.1) is 0 Å². The Kier molecular flexibility index (Phi) is 3.16. The van der Waals surface area contributed by atoms with Gasteiger partial charge in [-0.3, -0.25) is 0 Å². The fraction of sp³-hybridized carbons (Fsp3) is 0.0769. The molecule has 0 spiro atoms. The summed E-state index contributed by atoms with van der Waals surface area (Å²) in [5.41, 5.74) is 7.83. The van der Waals surface area contributed by atoms with Gasteiger partial charge in [-0.05, 0) is 29.2 Å². The number of aromatic nitrogens is 3. The van der Waals surface area contributed by atoms with Gasteiger partial charge in [0.15, 0.2) is 0 Å². The van der Waals surface area contributed by atoms with Gasteiger partial charge >= 0.3 is 0 Å². The Morgan fingerprint density at radius 1 is 1.26 bits per heavy atom. The molecule has 3 N–H and O–H groups in total. The average Bonchev–Trinajstić information content (AvgIpc) is 3.08. The average molecular weight is 271 g/mol. The van der Waals surface area contributed by atoms with E-state index in [0.717, 1.165) is 16.3 Å². The minimum absolute atomic E-state index is 0.549. The molecule has 5 nitrogen and oxygen atoms in total. The summed E-state index contributed by atoms with van der Waals surface area (Å²) in [5.74, 6) is 0.549. The summed E-state index contributed by atoms with van der Waals surface area (Å²) in [6, 6.07) is 11.9. The standard InChI is InChI=1S/C13H13N5S/c14-12-8-13(19-17-12)15-9-10-4-1-2-5-11(10)18-7-3-6-16-18/h1-8,15H,9H2,(H2,14,17). The Labute approximate surface area is 114 Å². The Hall–Kier alpha value is -2.34. The molecule has 1 aromatic carbocycles. The lowest BCUT2D eigenvalue weighted by molar-refractivity contribution is 0.864. The third-order valence-corrected chi connectivity index (χ3v) is 3.49. The number of nitrogen functional groups attached to an aromatic ring is 1. The van der Waals surface area contributed by atoms with Crippen LogP contribution in [0.2, 0.25) is 0 Å². The fourth-order valence-corrected chi connectivity index (χ4v) is 2.42. The van der Waals surface area contributed by atoms with E-state index >= 15 is 0 Å². The number of hydrogen-bond donors (Lipinski definition) is 2. The van der Waals surface area contributed by atoms with E-state index in [1.54, 1.807) is 6.20 Å². The van der Waals surface area contributed by atoms with Crippen LogP contribution >= 0.6 is 11.5 Å². The first kappa shape index (κ1) is 11.7. The van der Waals surface area contributed by atoms with Gasteiger partial charge in [-0.15, -0.1) is 0 Å². The third kappa shape index (κ3) is 2.58. The maximum atomic E-state index is 5.60. The number of nitrogens with zero attached hydrogens (tertiary/aromatic N) is 3. The Bertz CT molecular complexity index is 659. The van der Waals surface area contributed by atoms with Gasteiger partial charge in [0.05, 0.1) is 5.69 Å². The monoisotopic (exact) mass is 271 g/mol. The molecule has 96 valence electrons. The maximum Gasteiger partial charge on any atom is 0.139 e. The van der Waals surface area contributed by atoms with E-state index in [-0.39, 0.29) is 0 Å². The van der Waals surface area contributed by atoms with Crippen molar-refractivity contribution in [1.29, 1.82) is 0 Å². The van der Waals surface area contributed by atoms with Crippen molar-refractivity contribution in [2.45, 2.75) is 6.54 Å². The lowest BCUT2D eigenvalue weighted by Crippen LogP contribution is -2.04. The van der Waals surface area contributed by atoms with Crippen LogP contribution in [-0.2, 0) is 6.54 Å². The second kappa shape index (κ2) is 5.11. The van der Waals surface area contributed by atoms with Gasteiger partial charge in [-0.25, -0.2) is 4.68 Å². The van der Waals surface area contributed by atoms with E-state index in [4.69, 9.17) is 5.73 Å². The molecule has 0 saturated carbocycles. The molecule has 0 aliphatic heterocycles. The zero-order valence-corrected chi connectivity index (χ0v) is 11.0. The highest BCUT2D eigenvalue weighted by Crippen LogP contribution is 2.20. The highest BCUT2D eigenvalue weighted by molar-refractivity contribution is 7.10. The van der Waals surface area contributed by atoms with Gasteiger partial charge in [-0.2, -0.15) is 9.47 Å². The lowest BCUT2D eigenvalue weighted by atomic mass is 10.2. The molecule has 3 rings (SSSR count). The molecule has 0 saturated heterocycles. The molecule has 0 atom stereocenters. The van der Waals surface area contributed by atoms with Crippen LogP contribution in [0.15, 0.2) is 48.8 Å². The van der Waals surface area contributed by atoms with E-state index in [9.17, 15) is 0 Å². The summed E-state index contributed by atoms with van der Waals surface area (Å²) in [7, 11) is 0. The summed E-state index contributed by atoms with van der Waals surface area (Å²) >= 11 is 1.36. The summed E-state index contributed by atoms with van der Waals surface area (Å²) in [5, 5.41) is 8.55. The van der Waals surface area contributed by atoms with E-state index in [0.29, 0.717) is 12.4 Å². The van der Waals surface area contributed by atoms with Gasteiger partial charge in [0.1, 0.15) is 10.8 Å². The molecular formula is C13H13N5S. The van der Waals surface area contributed by atoms with Crippen LogP contribution in [0.5, 0.6) is 0 Å². The molecule has 19 heavy (non-hydrogen) atoms. The molecule has 0 radical (unpaired) electrons. The summed E-state index contributed by atoms with van der Waals surface area (Å²) < 4.78 is 5.90.